The zero-order chi connectivity index (χ0) is 19.6. The van der Waals surface area contributed by atoms with Gasteiger partial charge >= 0.3 is 5.97 Å². The normalized spacial score (nSPS) is 15.5. The Morgan fingerprint density at radius 2 is 1.96 bits per heavy atom. The second kappa shape index (κ2) is 8.16. The number of carboxylic acids is 1. The molecule has 6 nitrogen and oxygen atoms in total. The molecule has 0 saturated carbocycles. The number of rotatable bonds is 5. The molecule has 0 aliphatic carbocycles. The van der Waals surface area contributed by atoms with E-state index in [0.717, 1.165) is 16.7 Å². The first-order valence-corrected chi connectivity index (χ1v) is 9.52. The fourth-order valence-electron chi connectivity index (χ4n) is 2.35. The van der Waals surface area contributed by atoms with Crippen molar-refractivity contribution in [2.24, 2.45) is 0 Å². The third-order valence-electron chi connectivity index (χ3n) is 3.47. The van der Waals surface area contributed by atoms with E-state index in [4.69, 9.17) is 21.4 Å². The predicted molar refractivity (Wildman–Crippen MR) is 107 cm³/mol. The van der Waals surface area contributed by atoms with Crippen molar-refractivity contribution in [2.75, 3.05) is 11.5 Å². The van der Waals surface area contributed by atoms with Gasteiger partial charge in [0.1, 0.15) is 0 Å². The van der Waals surface area contributed by atoms with E-state index >= 15 is 0 Å². The minimum atomic E-state index is -1.13. The lowest BCUT2D eigenvalue weighted by Gasteiger charge is -2.11. The van der Waals surface area contributed by atoms with Gasteiger partial charge in [0.2, 0.25) is 0 Å². The third-order valence-corrected chi connectivity index (χ3v) is 5.21. The summed E-state index contributed by atoms with van der Waals surface area (Å²) in [4.78, 5) is 36.9. The van der Waals surface area contributed by atoms with Gasteiger partial charge in [0.15, 0.2) is 12.4 Å². The van der Waals surface area contributed by atoms with E-state index in [1.807, 2.05) is 0 Å². The Morgan fingerprint density at radius 1 is 1.26 bits per heavy atom. The minimum absolute atomic E-state index is 0.180. The highest BCUT2D eigenvalue weighted by atomic mass is 79.9. The van der Waals surface area contributed by atoms with Gasteiger partial charge in [0.25, 0.3) is 11.1 Å². The van der Waals surface area contributed by atoms with E-state index in [1.54, 1.807) is 42.5 Å². The molecule has 1 aliphatic heterocycles. The lowest BCUT2D eigenvalue weighted by molar-refractivity contribution is -0.139. The molecule has 0 radical (unpaired) electrons. The summed E-state index contributed by atoms with van der Waals surface area (Å²) < 4.78 is 5.57. The van der Waals surface area contributed by atoms with Crippen LogP contribution in [0.2, 0.25) is 5.02 Å². The molecule has 2 aromatic rings. The number of carbonyl (C=O) groups is 3. The standard InChI is InChI=1S/C18H11BrClNO5S/c19-12-6-10(7-13(20)16(12)26-9-15(22)23)8-14-17(24)21(18(25)27-14)11-4-2-1-3-5-11/h1-8H,9H2,(H,22,23). The molecular formula is C18H11BrClNO5S. The molecule has 1 heterocycles. The number of aliphatic carboxylic acids is 1. The van der Waals surface area contributed by atoms with Gasteiger partial charge in [-0.15, -0.1) is 0 Å². The number of para-hydroxylation sites is 1. The fourth-order valence-corrected chi connectivity index (χ4v) is 4.18. The number of imide groups is 1. The van der Waals surface area contributed by atoms with Crippen LogP contribution in [0.15, 0.2) is 51.8 Å². The predicted octanol–water partition coefficient (Wildman–Crippen LogP) is 4.81. The van der Waals surface area contributed by atoms with Crippen molar-refractivity contribution >= 4 is 68.2 Å². The summed E-state index contributed by atoms with van der Waals surface area (Å²) >= 11 is 10.3. The summed E-state index contributed by atoms with van der Waals surface area (Å²) in [6, 6.07) is 11.8. The molecule has 0 aromatic heterocycles. The largest absolute Gasteiger partial charge is 0.479 e. The Kier molecular flexibility index (Phi) is 5.88. The van der Waals surface area contributed by atoms with Gasteiger partial charge in [-0.3, -0.25) is 9.59 Å². The summed E-state index contributed by atoms with van der Waals surface area (Å²) in [7, 11) is 0. The average molecular weight is 469 g/mol. The number of nitrogens with zero attached hydrogens (tertiary/aromatic N) is 1. The maximum absolute atomic E-state index is 12.6. The van der Waals surface area contributed by atoms with Crippen LogP contribution in [0.4, 0.5) is 10.5 Å². The fraction of sp³-hybridized carbons (Fsp3) is 0.0556. The van der Waals surface area contributed by atoms with Crippen molar-refractivity contribution in [3.63, 3.8) is 0 Å². The van der Waals surface area contributed by atoms with E-state index in [-0.39, 0.29) is 20.9 Å². The first-order valence-electron chi connectivity index (χ1n) is 7.53. The van der Waals surface area contributed by atoms with Crippen LogP contribution in [0.3, 0.4) is 0 Å². The van der Waals surface area contributed by atoms with Crippen LogP contribution in [-0.2, 0) is 9.59 Å². The SMILES string of the molecule is O=C(O)COc1c(Cl)cc(C=C2SC(=O)N(c3ccccc3)C2=O)cc1Br. The van der Waals surface area contributed by atoms with Crippen LogP contribution in [0.1, 0.15) is 5.56 Å². The summed E-state index contributed by atoms with van der Waals surface area (Å²) in [5.41, 5.74) is 1.06. The number of ether oxygens (including phenoxy) is 1. The highest BCUT2D eigenvalue weighted by Crippen LogP contribution is 2.38. The minimum Gasteiger partial charge on any atom is -0.479 e. The third kappa shape index (κ3) is 4.35. The molecule has 9 heteroatoms. The molecule has 1 aliphatic rings. The number of hydrogen-bond acceptors (Lipinski definition) is 5. The van der Waals surface area contributed by atoms with Crippen LogP contribution in [0.25, 0.3) is 6.08 Å². The highest BCUT2D eigenvalue weighted by molar-refractivity contribution is 9.10. The molecule has 1 saturated heterocycles. The van der Waals surface area contributed by atoms with E-state index in [1.165, 1.54) is 6.07 Å². The van der Waals surface area contributed by atoms with Crippen molar-refractivity contribution in [3.8, 4) is 5.75 Å². The number of thioether (sulfide) groups is 1. The summed E-state index contributed by atoms with van der Waals surface area (Å²) in [6.07, 6.45) is 1.55. The van der Waals surface area contributed by atoms with Crippen molar-refractivity contribution in [1.82, 2.24) is 0 Å². The Morgan fingerprint density at radius 3 is 2.59 bits per heavy atom. The van der Waals surface area contributed by atoms with Gasteiger partial charge in [-0.1, -0.05) is 29.8 Å². The van der Waals surface area contributed by atoms with Crippen LogP contribution in [0.5, 0.6) is 5.75 Å². The van der Waals surface area contributed by atoms with Crippen molar-refractivity contribution in [3.05, 3.63) is 62.4 Å². The molecule has 0 spiro atoms. The summed E-state index contributed by atoms with van der Waals surface area (Å²) in [5.74, 6) is -1.36. The Bertz CT molecular complexity index is 940. The molecule has 2 amide bonds. The number of anilines is 1. The first-order chi connectivity index (χ1) is 12.9. The number of benzene rings is 2. The Hall–Kier alpha value is -2.29. The van der Waals surface area contributed by atoms with E-state index in [9.17, 15) is 14.4 Å². The van der Waals surface area contributed by atoms with Crippen LogP contribution < -0.4 is 9.64 Å². The Labute approximate surface area is 171 Å². The summed E-state index contributed by atoms with van der Waals surface area (Å²) in [5, 5.41) is 8.50. The average Bonchev–Trinajstić information content (AvgIpc) is 2.88. The second-order valence-electron chi connectivity index (χ2n) is 5.35. The van der Waals surface area contributed by atoms with Gasteiger partial charge in [-0.25, -0.2) is 9.69 Å². The number of amides is 2. The van der Waals surface area contributed by atoms with Gasteiger partial charge in [-0.2, -0.15) is 0 Å². The van der Waals surface area contributed by atoms with Gasteiger partial charge < -0.3 is 9.84 Å². The number of carbonyl (C=O) groups excluding carboxylic acids is 2. The lowest BCUT2D eigenvalue weighted by Crippen LogP contribution is -2.27. The molecule has 27 heavy (non-hydrogen) atoms. The van der Waals surface area contributed by atoms with Crippen LogP contribution in [-0.4, -0.2) is 28.8 Å². The lowest BCUT2D eigenvalue weighted by atomic mass is 10.2. The molecule has 3 rings (SSSR count). The maximum atomic E-state index is 12.6. The van der Waals surface area contributed by atoms with Crippen molar-refractivity contribution < 1.29 is 24.2 Å². The number of halogens is 2. The molecule has 138 valence electrons. The van der Waals surface area contributed by atoms with E-state index < -0.39 is 18.5 Å². The maximum Gasteiger partial charge on any atom is 0.341 e. The molecule has 1 N–H and O–H groups in total. The number of carboxylic acid groups (broad SMARTS) is 1. The van der Waals surface area contributed by atoms with Crippen molar-refractivity contribution in [1.29, 1.82) is 0 Å². The van der Waals surface area contributed by atoms with E-state index in [0.29, 0.717) is 15.7 Å². The smallest absolute Gasteiger partial charge is 0.341 e. The molecule has 1 fully saturated rings. The monoisotopic (exact) mass is 467 g/mol. The molecule has 0 atom stereocenters. The quantitative estimate of drug-likeness (QED) is 0.634. The zero-order valence-corrected chi connectivity index (χ0v) is 16.7. The van der Waals surface area contributed by atoms with Gasteiger partial charge in [0, 0.05) is 0 Å². The molecular weight excluding hydrogens is 458 g/mol. The van der Waals surface area contributed by atoms with Crippen LogP contribution >= 0.6 is 39.3 Å². The van der Waals surface area contributed by atoms with Crippen molar-refractivity contribution in [2.45, 2.75) is 0 Å². The highest BCUT2D eigenvalue weighted by Gasteiger charge is 2.36. The molecule has 0 unspecified atom stereocenters. The molecule has 0 bridgehead atoms. The number of hydrogen-bond donors (Lipinski definition) is 1. The van der Waals surface area contributed by atoms with Crippen LogP contribution in [0, 0.1) is 0 Å². The van der Waals surface area contributed by atoms with Gasteiger partial charge in [0.05, 0.1) is 20.1 Å². The zero-order valence-electron chi connectivity index (χ0n) is 13.5. The second-order valence-corrected chi connectivity index (χ2v) is 7.60. The van der Waals surface area contributed by atoms with E-state index in [2.05, 4.69) is 15.9 Å². The molecule has 2 aromatic carbocycles. The summed E-state index contributed by atoms with van der Waals surface area (Å²) in [6.45, 7) is -0.534. The Balaban J connectivity index is 1.88. The van der Waals surface area contributed by atoms with Gasteiger partial charge in [-0.05, 0) is 63.6 Å². The first kappa shape index (κ1) is 19.5. The topological polar surface area (TPSA) is 83.9 Å².